The van der Waals surface area contributed by atoms with Gasteiger partial charge in [-0.15, -0.1) is 0 Å². The molecule has 0 aliphatic rings. The largest absolute Gasteiger partial charge is 0.310 e. The summed E-state index contributed by atoms with van der Waals surface area (Å²) in [6, 6.07) is 11.3. The van der Waals surface area contributed by atoms with E-state index < -0.39 is 0 Å². The topological polar surface area (TPSA) is 15.3 Å². The fraction of sp³-hybridized carbons (Fsp3) is 0.625. The van der Waals surface area contributed by atoms with Crippen LogP contribution in [0.25, 0.3) is 0 Å². The first-order valence-corrected chi connectivity index (χ1v) is 7.32. The van der Waals surface area contributed by atoms with E-state index in [-0.39, 0.29) is 0 Å². The van der Waals surface area contributed by atoms with Crippen LogP contribution in [0, 0.1) is 0 Å². The number of nitrogens with zero attached hydrogens (tertiary/aromatic N) is 1. The van der Waals surface area contributed by atoms with Crippen molar-refractivity contribution in [3.05, 3.63) is 35.9 Å². The second-order valence-electron chi connectivity index (χ2n) is 4.74. The fourth-order valence-electron chi connectivity index (χ4n) is 2.37. The number of hydrogen-bond donors (Lipinski definition) is 1. The molecule has 0 fully saturated rings. The predicted molar refractivity (Wildman–Crippen MR) is 79.9 cm³/mol. The first-order chi connectivity index (χ1) is 8.81. The van der Waals surface area contributed by atoms with E-state index in [1.165, 1.54) is 31.5 Å². The molecule has 1 atom stereocenters. The van der Waals surface area contributed by atoms with E-state index in [0.29, 0.717) is 6.04 Å². The molecule has 1 aromatic carbocycles. The van der Waals surface area contributed by atoms with Crippen LogP contribution in [-0.2, 0) is 0 Å². The lowest BCUT2D eigenvalue weighted by atomic mass is 10.0. The van der Waals surface area contributed by atoms with Gasteiger partial charge in [0.1, 0.15) is 0 Å². The van der Waals surface area contributed by atoms with Gasteiger partial charge in [-0.3, -0.25) is 0 Å². The Hall–Kier alpha value is -0.860. The first kappa shape index (κ1) is 15.2. The molecule has 1 N–H and O–H groups in total. The van der Waals surface area contributed by atoms with Gasteiger partial charge in [0.15, 0.2) is 0 Å². The van der Waals surface area contributed by atoms with E-state index in [1.807, 2.05) is 0 Å². The van der Waals surface area contributed by atoms with Crippen molar-refractivity contribution in [2.45, 2.75) is 39.7 Å². The summed E-state index contributed by atoms with van der Waals surface area (Å²) in [6.45, 7) is 11.3. The van der Waals surface area contributed by atoms with E-state index in [4.69, 9.17) is 0 Å². The van der Waals surface area contributed by atoms with Crippen molar-refractivity contribution >= 4 is 0 Å². The Balaban J connectivity index is 2.53. The minimum absolute atomic E-state index is 0.488. The van der Waals surface area contributed by atoms with E-state index in [9.17, 15) is 0 Å². The molecule has 0 aromatic heterocycles. The Morgan fingerprint density at radius 3 is 2.33 bits per heavy atom. The summed E-state index contributed by atoms with van der Waals surface area (Å²) >= 11 is 0. The van der Waals surface area contributed by atoms with Crippen molar-refractivity contribution in [1.29, 1.82) is 0 Å². The molecule has 102 valence electrons. The molecule has 18 heavy (non-hydrogen) atoms. The van der Waals surface area contributed by atoms with Crippen LogP contribution in [-0.4, -0.2) is 31.1 Å². The molecule has 0 saturated carbocycles. The lowest BCUT2D eigenvalue weighted by molar-refractivity contribution is 0.270. The summed E-state index contributed by atoms with van der Waals surface area (Å²) in [7, 11) is 0. The average molecular weight is 248 g/mol. The number of rotatable bonds is 9. The van der Waals surface area contributed by atoms with Crippen molar-refractivity contribution in [3.8, 4) is 0 Å². The minimum Gasteiger partial charge on any atom is -0.310 e. The van der Waals surface area contributed by atoms with Crippen LogP contribution in [0.5, 0.6) is 0 Å². The molecule has 0 spiro atoms. The molecule has 1 aromatic rings. The molecule has 0 radical (unpaired) electrons. The van der Waals surface area contributed by atoms with Gasteiger partial charge in [-0.1, -0.05) is 51.1 Å². The van der Waals surface area contributed by atoms with Crippen LogP contribution < -0.4 is 5.32 Å². The van der Waals surface area contributed by atoms with Gasteiger partial charge in [-0.2, -0.15) is 0 Å². The van der Waals surface area contributed by atoms with Crippen LogP contribution in [0.15, 0.2) is 30.3 Å². The molecule has 2 heteroatoms. The molecular formula is C16H28N2. The van der Waals surface area contributed by atoms with E-state index in [1.54, 1.807) is 0 Å². The zero-order valence-corrected chi connectivity index (χ0v) is 12.2. The first-order valence-electron chi connectivity index (χ1n) is 7.32. The lowest BCUT2D eigenvalue weighted by Crippen LogP contribution is -2.30. The standard InChI is InChI=1S/C16H28N2/c1-4-13-18(6-3)14-12-16(17-5-2)15-10-8-7-9-11-15/h7-11,16-17H,4-6,12-14H2,1-3H3. The van der Waals surface area contributed by atoms with Crippen molar-refractivity contribution in [3.63, 3.8) is 0 Å². The smallest absolute Gasteiger partial charge is 0.0332 e. The highest BCUT2D eigenvalue weighted by Gasteiger charge is 2.11. The molecular weight excluding hydrogens is 220 g/mol. The number of benzene rings is 1. The normalized spacial score (nSPS) is 12.9. The fourth-order valence-corrected chi connectivity index (χ4v) is 2.37. The van der Waals surface area contributed by atoms with Gasteiger partial charge in [0, 0.05) is 6.04 Å². The van der Waals surface area contributed by atoms with Gasteiger partial charge in [-0.25, -0.2) is 0 Å². The number of hydrogen-bond acceptors (Lipinski definition) is 2. The third-order valence-corrected chi connectivity index (χ3v) is 3.37. The Labute approximate surface area is 112 Å². The Kier molecular flexibility index (Phi) is 7.70. The highest BCUT2D eigenvalue weighted by atomic mass is 15.1. The summed E-state index contributed by atoms with van der Waals surface area (Å²) in [6.07, 6.45) is 2.43. The summed E-state index contributed by atoms with van der Waals surface area (Å²) in [4.78, 5) is 2.54. The van der Waals surface area contributed by atoms with Gasteiger partial charge in [0.05, 0.1) is 0 Å². The quantitative estimate of drug-likeness (QED) is 0.720. The third kappa shape index (κ3) is 5.19. The van der Waals surface area contributed by atoms with Gasteiger partial charge in [-0.05, 0) is 44.6 Å². The molecule has 0 aliphatic carbocycles. The van der Waals surface area contributed by atoms with Crippen molar-refractivity contribution in [2.24, 2.45) is 0 Å². The van der Waals surface area contributed by atoms with Crippen molar-refractivity contribution < 1.29 is 0 Å². The minimum atomic E-state index is 0.488. The molecule has 0 aliphatic heterocycles. The van der Waals surface area contributed by atoms with Crippen LogP contribution in [0.4, 0.5) is 0 Å². The average Bonchev–Trinajstić information content (AvgIpc) is 2.43. The van der Waals surface area contributed by atoms with Gasteiger partial charge < -0.3 is 10.2 Å². The van der Waals surface area contributed by atoms with E-state index >= 15 is 0 Å². The predicted octanol–water partition coefficient (Wildman–Crippen LogP) is 3.46. The lowest BCUT2D eigenvalue weighted by Gasteiger charge is -2.24. The second kappa shape index (κ2) is 9.12. The summed E-state index contributed by atoms with van der Waals surface area (Å²) in [5, 5.41) is 3.59. The Morgan fingerprint density at radius 2 is 1.78 bits per heavy atom. The van der Waals surface area contributed by atoms with Crippen LogP contribution in [0.2, 0.25) is 0 Å². The van der Waals surface area contributed by atoms with E-state index in [0.717, 1.165) is 13.1 Å². The molecule has 1 unspecified atom stereocenters. The highest BCUT2D eigenvalue weighted by Crippen LogP contribution is 2.16. The molecule has 0 heterocycles. The Bertz CT molecular complexity index is 297. The second-order valence-corrected chi connectivity index (χ2v) is 4.74. The maximum atomic E-state index is 3.59. The number of nitrogens with one attached hydrogen (secondary N) is 1. The SMILES string of the molecule is CCCN(CC)CCC(NCC)c1ccccc1. The summed E-state index contributed by atoms with van der Waals surface area (Å²) in [5.74, 6) is 0. The molecule has 0 saturated heterocycles. The van der Waals surface area contributed by atoms with Crippen molar-refractivity contribution in [1.82, 2.24) is 10.2 Å². The van der Waals surface area contributed by atoms with E-state index in [2.05, 4.69) is 61.3 Å². The van der Waals surface area contributed by atoms with Crippen LogP contribution in [0.3, 0.4) is 0 Å². The molecule has 1 rings (SSSR count). The van der Waals surface area contributed by atoms with Gasteiger partial charge in [0.2, 0.25) is 0 Å². The molecule has 2 nitrogen and oxygen atoms in total. The van der Waals surface area contributed by atoms with Crippen LogP contribution in [0.1, 0.15) is 45.2 Å². The maximum Gasteiger partial charge on any atom is 0.0332 e. The van der Waals surface area contributed by atoms with Gasteiger partial charge >= 0.3 is 0 Å². The van der Waals surface area contributed by atoms with Crippen molar-refractivity contribution in [2.75, 3.05) is 26.2 Å². The summed E-state index contributed by atoms with van der Waals surface area (Å²) < 4.78 is 0. The zero-order valence-electron chi connectivity index (χ0n) is 12.2. The Morgan fingerprint density at radius 1 is 1.06 bits per heavy atom. The maximum absolute atomic E-state index is 3.59. The highest BCUT2D eigenvalue weighted by molar-refractivity contribution is 5.18. The molecule has 0 bridgehead atoms. The van der Waals surface area contributed by atoms with Crippen LogP contribution >= 0.6 is 0 Å². The molecule has 0 amide bonds. The van der Waals surface area contributed by atoms with Gasteiger partial charge in [0.25, 0.3) is 0 Å². The third-order valence-electron chi connectivity index (χ3n) is 3.37. The monoisotopic (exact) mass is 248 g/mol. The zero-order chi connectivity index (χ0) is 13.2. The summed E-state index contributed by atoms with van der Waals surface area (Å²) in [5.41, 5.74) is 1.41.